The third-order valence-electron chi connectivity index (χ3n) is 4.47. The fraction of sp³-hybridized carbons (Fsp3) is 0.350. The molecule has 1 N–H and O–H groups in total. The Kier molecular flexibility index (Phi) is 4.47. The van der Waals surface area contributed by atoms with Gasteiger partial charge in [0, 0.05) is 17.8 Å². The van der Waals surface area contributed by atoms with Crippen LogP contribution in [0.4, 0.5) is 5.69 Å². The number of nitrogens with zero attached hydrogens (tertiary/aromatic N) is 1. The highest BCUT2D eigenvalue weighted by Crippen LogP contribution is 2.38. The third kappa shape index (κ3) is 2.73. The van der Waals surface area contributed by atoms with Crippen molar-refractivity contribution in [3.8, 4) is 5.75 Å². The summed E-state index contributed by atoms with van der Waals surface area (Å²) in [5, 5.41) is 3.57. The zero-order valence-corrected chi connectivity index (χ0v) is 14.5. The fourth-order valence-corrected chi connectivity index (χ4v) is 3.29. The van der Waals surface area contributed by atoms with Crippen molar-refractivity contribution in [1.29, 1.82) is 0 Å². The van der Waals surface area contributed by atoms with Gasteiger partial charge in [0.1, 0.15) is 11.4 Å². The maximum Gasteiger partial charge on any atom is 0.258 e. The van der Waals surface area contributed by atoms with Crippen molar-refractivity contribution < 1.29 is 9.53 Å². The van der Waals surface area contributed by atoms with Crippen LogP contribution in [0.15, 0.2) is 48.5 Å². The van der Waals surface area contributed by atoms with E-state index in [0.717, 1.165) is 29.0 Å². The highest BCUT2D eigenvalue weighted by Gasteiger charge is 2.42. The monoisotopic (exact) mass is 324 g/mol. The normalized spacial score (nSPS) is 19.6. The second-order valence-corrected chi connectivity index (χ2v) is 6.16. The molecule has 0 saturated heterocycles. The van der Waals surface area contributed by atoms with Gasteiger partial charge in [0.2, 0.25) is 0 Å². The lowest BCUT2D eigenvalue weighted by Crippen LogP contribution is -2.56. The van der Waals surface area contributed by atoms with Crippen molar-refractivity contribution in [2.24, 2.45) is 0 Å². The Balaban J connectivity index is 2.09. The number of ether oxygens (including phenoxy) is 1. The lowest BCUT2D eigenvalue weighted by atomic mass is 9.93. The summed E-state index contributed by atoms with van der Waals surface area (Å²) in [5.41, 5.74) is 2.02. The molecule has 1 amide bonds. The molecule has 2 aromatic carbocycles. The predicted molar refractivity (Wildman–Crippen MR) is 96.4 cm³/mol. The van der Waals surface area contributed by atoms with E-state index in [-0.39, 0.29) is 5.91 Å². The molecule has 0 aromatic heterocycles. The molecule has 4 heteroatoms. The summed E-state index contributed by atoms with van der Waals surface area (Å²) in [5.74, 6) is 0.885. The number of hydrogen-bond acceptors (Lipinski definition) is 3. The molecule has 1 atom stereocenters. The van der Waals surface area contributed by atoms with Crippen molar-refractivity contribution in [1.82, 2.24) is 4.90 Å². The topological polar surface area (TPSA) is 41.6 Å². The van der Waals surface area contributed by atoms with E-state index in [1.807, 2.05) is 60.4 Å². The van der Waals surface area contributed by atoms with E-state index in [9.17, 15) is 4.79 Å². The Labute approximate surface area is 143 Å². The van der Waals surface area contributed by atoms with Gasteiger partial charge >= 0.3 is 0 Å². The van der Waals surface area contributed by atoms with Crippen LogP contribution in [0.3, 0.4) is 0 Å². The van der Waals surface area contributed by atoms with E-state index in [1.165, 1.54) is 0 Å². The van der Waals surface area contributed by atoms with Gasteiger partial charge in [-0.3, -0.25) is 4.79 Å². The first kappa shape index (κ1) is 16.4. The van der Waals surface area contributed by atoms with Crippen molar-refractivity contribution in [2.75, 3.05) is 18.5 Å². The zero-order chi connectivity index (χ0) is 17.2. The van der Waals surface area contributed by atoms with E-state index < -0.39 is 5.66 Å². The van der Waals surface area contributed by atoms with Gasteiger partial charge in [-0.1, -0.05) is 31.2 Å². The lowest BCUT2D eigenvalue weighted by Gasteiger charge is -2.46. The Morgan fingerprint density at radius 2 is 1.92 bits per heavy atom. The van der Waals surface area contributed by atoms with Crippen molar-refractivity contribution in [2.45, 2.75) is 32.9 Å². The minimum Gasteiger partial charge on any atom is -0.494 e. The van der Waals surface area contributed by atoms with Gasteiger partial charge in [0.05, 0.1) is 12.2 Å². The van der Waals surface area contributed by atoms with Crippen LogP contribution in [0.2, 0.25) is 0 Å². The van der Waals surface area contributed by atoms with Crippen LogP contribution >= 0.6 is 0 Å². The average molecular weight is 324 g/mol. The first-order valence-corrected chi connectivity index (χ1v) is 8.52. The highest BCUT2D eigenvalue weighted by molar-refractivity contribution is 6.02. The van der Waals surface area contributed by atoms with E-state index in [1.54, 1.807) is 0 Å². The van der Waals surface area contributed by atoms with E-state index >= 15 is 0 Å². The average Bonchev–Trinajstić information content (AvgIpc) is 2.59. The number of benzene rings is 2. The van der Waals surface area contributed by atoms with Gasteiger partial charge in [-0.05, 0) is 44.5 Å². The SMILES string of the molecule is CCCN1C(=O)c2ccccc2NC1(C)c1cccc(OCC)c1. The molecule has 0 saturated carbocycles. The third-order valence-corrected chi connectivity index (χ3v) is 4.47. The van der Waals surface area contributed by atoms with Crippen LogP contribution in [0, 0.1) is 0 Å². The molecule has 1 heterocycles. The molecule has 126 valence electrons. The van der Waals surface area contributed by atoms with Gasteiger partial charge in [0.25, 0.3) is 5.91 Å². The molecule has 0 fully saturated rings. The first-order chi connectivity index (χ1) is 11.6. The van der Waals surface area contributed by atoms with Crippen LogP contribution in [-0.4, -0.2) is 24.0 Å². The van der Waals surface area contributed by atoms with Gasteiger partial charge in [0.15, 0.2) is 0 Å². The smallest absolute Gasteiger partial charge is 0.258 e. The zero-order valence-electron chi connectivity index (χ0n) is 14.5. The molecular weight excluding hydrogens is 300 g/mol. The summed E-state index contributed by atoms with van der Waals surface area (Å²) in [6.45, 7) is 7.42. The molecule has 0 aliphatic carbocycles. The molecule has 4 nitrogen and oxygen atoms in total. The number of para-hydroxylation sites is 1. The summed E-state index contributed by atoms with van der Waals surface area (Å²) in [6.07, 6.45) is 0.899. The molecule has 1 unspecified atom stereocenters. The lowest BCUT2D eigenvalue weighted by molar-refractivity contribution is 0.0535. The van der Waals surface area contributed by atoms with E-state index in [4.69, 9.17) is 4.74 Å². The molecular formula is C20H24N2O2. The maximum absolute atomic E-state index is 13.1. The van der Waals surface area contributed by atoms with Gasteiger partial charge in [-0.15, -0.1) is 0 Å². The standard InChI is InChI=1S/C20H24N2O2/c1-4-13-22-19(23)17-11-6-7-12-18(17)21-20(22,3)15-9-8-10-16(14-15)24-5-2/h6-12,14,21H,4-5,13H2,1-3H3. The summed E-state index contributed by atoms with van der Waals surface area (Å²) in [7, 11) is 0. The number of rotatable bonds is 5. The number of fused-ring (bicyclic) bond motifs is 1. The summed E-state index contributed by atoms with van der Waals surface area (Å²) >= 11 is 0. The van der Waals surface area contributed by atoms with E-state index in [2.05, 4.69) is 19.2 Å². The Morgan fingerprint density at radius 3 is 2.67 bits per heavy atom. The summed E-state index contributed by atoms with van der Waals surface area (Å²) in [4.78, 5) is 15.0. The minimum absolute atomic E-state index is 0.0653. The Hall–Kier alpha value is -2.49. The van der Waals surface area contributed by atoms with Crippen LogP contribution in [0.5, 0.6) is 5.75 Å². The molecule has 24 heavy (non-hydrogen) atoms. The van der Waals surface area contributed by atoms with Crippen LogP contribution < -0.4 is 10.1 Å². The summed E-state index contributed by atoms with van der Waals surface area (Å²) in [6, 6.07) is 15.7. The van der Waals surface area contributed by atoms with Crippen LogP contribution in [0.1, 0.15) is 43.1 Å². The molecule has 0 radical (unpaired) electrons. The van der Waals surface area contributed by atoms with Crippen molar-refractivity contribution in [3.63, 3.8) is 0 Å². The molecule has 0 bridgehead atoms. The quantitative estimate of drug-likeness (QED) is 0.894. The Bertz CT molecular complexity index is 744. The first-order valence-electron chi connectivity index (χ1n) is 8.52. The number of anilines is 1. The van der Waals surface area contributed by atoms with Gasteiger partial charge in [-0.25, -0.2) is 0 Å². The minimum atomic E-state index is -0.603. The Morgan fingerprint density at radius 1 is 1.12 bits per heavy atom. The van der Waals surface area contributed by atoms with Gasteiger partial charge in [-0.2, -0.15) is 0 Å². The van der Waals surface area contributed by atoms with Gasteiger partial charge < -0.3 is 15.0 Å². The molecule has 1 aliphatic heterocycles. The number of nitrogens with one attached hydrogen (secondary N) is 1. The van der Waals surface area contributed by atoms with Crippen molar-refractivity contribution in [3.05, 3.63) is 59.7 Å². The van der Waals surface area contributed by atoms with E-state index in [0.29, 0.717) is 13.2 Å². The van der Waals surface area contributed by atoms with Crippen LogP contribution in [-0.2, 0) is 5.66 Å². The molecule has 3 rings (SSSR count). The number of carbonyl (C=O) groups excluding carboxylic acids is 1. The van der Waals surface area contributed by atoms with Crippen LogP contribution in [0.25, 0.3) is 0 Å². The largest absolute Gasteiger partial charge is 0.494 e. The fourth-order valence-electron chi connectivity index (χ4n) is 3.29. The molecule has 1 aliphatic rings. The second-order valence-electron chi connectivity index (χ2n) is 6.16. The second kappa shape index (κ2) is 6.56. The number of amides is 1. The molecule has 2 aromatic rings. The van der Waals surface area contributed by atoms with Crippen molar-refractivity contribution >= 4 is 11.6 Å². The predicted octanol–water partition coefficient (Wildman–Crippen LogP) is 4.24. The molecule has 0 spiro atoms. The maximum atomic E-state index is 13.1. The number of hydrogen-bond donors (Lipinski definition) is 1. The summed E-state index contributed by atoms with van der Waals surface area (Å²) < 4.78 is 5.64. The number of carbonyl (C=O) groups is 1. The highest BCUT2D eigenvalue weighted by atomic mass is 16.5.